The van der Waals surface area contributed by atoms with Crippen molar-refractivity contribution in [2.75, 3.05) is 5.73 Å². The first-order valence-corrected chi connectivity index (χ1v) is 15.4. The number of carbonyl (C=O) groups excluding carboxylic acids is 5. The minimum absolute atomic E-state index is 0.0899. The summed E-state index contributed by atoms with van der Waals surface area (Å²) in [5.41, 5.74) is -0.441. The number of nitrogens with two attached hydrogens (primary N) is 1. The van der Waals surface area contributed by atoms with E-state index in [2.05, 4.69) is 16.0 Å². The highest BCUT2D eigenvalue weighted by molar-refractivity contribution is 6.07. The minimum Gasteiger partial charge on any atom is -0.481 e. The van der Waals surface area contributed by atoms with Gasteiger partial charge in [-0.1, -0.05) is 20.3 Å². The highest BCUT2D eigenvalue weighted by atomic mass is 19.4. The fourth-order valence-electron chi connectivity index (χ4n) is 4.93. The number of hydrogen-bond donors (Lipinski definition) is 8. The smallest absolute Gasteiger partial charge is 0.418 e. The molecule has 1 heterocycles. The predicted molar refractivity (Wildman–Crippen MR) is 170 cm³/mol. The Morgan fingerprint density at radius 3 is 1.98 bits per heavy atom. The quantitative estimate of drug-likeness (QED) is 0.0619. The number of amides is 4. The molecule has 0 aliphatic carbocycles. The van der Waals surface area contributed by atoms with Crippen molar-refractivity contribution in [3.8, 4) is 0 Å². The fourth-order valence-corrected chi connectivity index (χ4v) is 4.93. The lowest BCUT2D eigenvalue weighted by atomic mass is 9.95. The molecule has 6 atom stereocenters. The number of ketones is 1. The topological polar surface area (TPSA) is 285 Å². The first kappa shape index (κ1) is 41.6. The number of aliphatic hydroxyl groups excluding tert-OH is 1. The van der Waals surface area contributed by atoms with Gasteiger partial charge in [0.2, 0.25) is 23.6 Å². The van der Waals surface area contributed by atoms with Gasteiger partial charge >= 0.3 is 23.7 Å². The summed E-state index contributed by atoms with van der Waals surface area (Å²) in [7, 11) is 0. The number of nitrogen functional groups attached to an aromatic ring is 1. The van der Waals surface area contributed by atoms with Crippen LogP contribution in [0.4, 0.5) is 18.9 Å². The molecule has 1 aromatic carbocycles. The summed E-state index contributed by atoms with van der Waals surface area (Å²) in [6.45, 7) is 5.43. The van der Waals surface area contributed by atoms with Crippen LogP contribution >= 0.6 is 0 Å². The number of halogens is 3. The predicted octanol–water partition coefficient (Wildman–Crippen LogP) is 0.302. The highest BCUT2D eigenvalue weighted by Gasteiger charge is 2.43. The largest absolute Gasteiger partial charge is 0.481 e. The molecule has 0 bridgehead atoms. The van der Waals surface area contributed by atoms with Gasteiger partial charge in [-0.25, -0.2) is 4.79 Å². The third-order valence-corrected chi connectivity index (χ3v) is 7.67. The Hall–Kier alpha value is -5.53. The SMILES string of the molecule is CC[C@H](C)[C@H](NC(C)=O)C(=O)N[C@@H](CCC(=O)O)C(=O)N[C@H](C(=O)N[C@@H](CC(=O)O)C(=O)c1c(C(F)(F)F)c2ccc(N)cc2oc1=O)[C@@H](C)O. The van der Waals surface area contributed by atoms with Gasteiger partial charge in [-0.05, 0) is 31.4 Å². The molecule has 20 heteroatoms. The van der Waals surface area contributed by atoms with Crippen LogP contribution < -0.4 is 32.6 Å². The van der Waals surface area contributed by atoms with E-state index >= 15 is 0 Å². The minimum atomic E-state index is -5.38. The van der Waals surface area contributed by atoms with E-state index in [4.69, 9.17) is 10.2 Å². The van der Waals surface area contributed by atoms with E-state index in [1.165, 1.54) is 0 Å². The third kappa shape index (κ3) is 11.2. The van der Waals surface area contributed by atoms with E-state index < -0.39 is 131 Å². The second-order valence-corrected chi connectivity index (χ2v) is 11.7. The van der Waals surface area contributed by atoms with Gasteiger partial charge in [-0.3, -0.25) is 33.6 Å². The van der Waals surface area contributed by atoms with E-state index in [9.17, 15) is 66.8 Å². The lowest BCUT2D eigenvalue weighted by Gasteiger charge is -2.28. The second-order valence-electron chi connectivity index (χ2n) is 11.7. The van der Waals surface area contributed by atoms with Crippen molar-refractivity contribution < 1.29 is 66.5 Å². The zero-order chi connectivity index (χ0) is 39.0. The molecule has 0 fully saturated rings. The fraction of sp³-hybridized carbons (Fsp3) is 0.484. The van der Waals surface area contributed by atoms with Crippen LogP contribution in [0.25, 0.3) is 11.0 Å². The molecule has 2 rings (SSSR count). The molecule has 0 spiro atoms. The maximum absolute atomic E-state index is 14.3. The lowest BCUT2D eigenvalue weighted by Crippen LogP contribution is -2.60. The van der Waals surface area contributed by atoms with E-state index in [1.54, 1.807) is 13.8 Å². The molecule has 51 heavy (non-hydrogen) atoms. The van der Waals surface area contributed by atoms with Gasteiger partial charge in [0.1, 0.15) is 35.3 Å². The van der Waals surface area contributed by atoms with Crippen molar-refractivity contribution in [1.29, 1.82) is 0 Å². The average molecular weight is 730 g/mol. The number of rotatable bonds is 17. The standard InChI is InChI=1S/C31H38F3N5O12/c1-5-12(2)24(36-14(4)41)28(48)37-17(8-9-20(42)43)27(47)39-25(13(3)40)29(49)38-18(11-21(44)45)26(46)22-23(31(32,33)34)16-7-6-15(35)10-19(16)51-30(22)50/h6-7,10,12-13,17-18,24-25,40H,5,8-9,11,35H2,1-4H3,(H,36,41)(H,37,48)(H,38,49)(H,39,47)(H,42,43)(H,44,45)/t12-,13+,17-,18-,24-,25-/m0/s1. The van der Waals surface area contributed by atoms with Crippen LogP contribution in [0.2, 0.25) is 0 Å². The van der Waals surface area contributed by atoms with Gasteiger partial charge in [0, 0.05) is 30.5 Å². The molecule has 1 aromatic heterocycles. The lowest BCUT2D eigenvalue weighted by molar-refractivity contribution is -0.140. The summed E-state index contributed by atoms with van der Waals surface area (Å²) >= 11 is 0. The number of aliphatic carboxylic acids is 2. The number of hydrogen-bond acceptors (Lipinski definition) is 11. The van der Waals surface area contributed by atoms with Gasteiger partial charge in [0.05, 0.1) is 18.1 Å². The Kier molecular flexibility index (Phi) is 14.2. The number of benzene rings is 1. The van der Waals surface area contributed by atoms with Crippen LogP contribution in [0, 0.1) is 5.92 Å². The van der Waals surface area contributed by atoms with Crippen LogP contribution in [0.5, 0.6) is 0 Å². The van der Waals surface area contributed by atoms with Crippen molar-refractivity contribution in [2.24, 2.45) is 5.92 Å². The number of anilines is 1. The monoisotopic (exact) mass is 729 g/mol. The molecular formula is C31H38F3N5O12. The normalized spacial score (nSPS) is 15.0. The summed E-state index contributed by atoms with van der Waals surface area (Å²) in [5, 5.41) is 36.8. The Labute approximate surface area is 287 Å². The number of Topliss-reactive ketones (excluding diaryl/α,β-unsaturated/α-hetero) is 1. The molecule has 9 N–H and O–H groups in total. The van der Waals surface area contributed by atoms with Crippen molar-refractivity contribution >= 4 is 58.0 Å². The van der Waals surface area contributed by atoms with Crippen molar-refractivity contribution in [3.63, 3.8) is 0 Å². The highest BCUT2D eigenvalue weighted by Crippen LogP contribution is 2.37. The maximum atomic E-state index is 14.3. The number of nitrogens with one attached hydrogen (secondary N) is 4. The van der Waals surface area contributed by atoms with Gasteiger partial charge in [-0.2, -0.15) is 13.2 Å². The average Bonchev–Trinajstić information content (AvgIpc) is 3.01. The van der Waals surface area contributed by atoms with Crippen LogP contribution in [-0.4, -0.2) is 86.9 Å². The second kappa shape index (κ2) is 17.4. The number of carbonyl (C=O) groups is 7. The molecule has 0 saturated carbocycles. The third-order valence-electron chi connectivity index (χ3n) is 7.67. The molecular weight excluding hydrogens is 691 g/mol. The van der Waals surface area contributed by atoms with Gasteiger partial charge in [0.25, 0.3) is 0 Å². The summed E-state index contributed by atoms with van der Waals surface area (Å²) in [6.07, 6.45) is -9.45. The van der Waals surface area contributed by atoms with Gasteiger partial charge in [-0.15, -0.1) is 0 Å². The number of aliphatic hydroxyl groups is 1. The summed E-state index contributed by atoms with van der Waals surface area (Å²) in [5.74, 6) is -9.74. The molecule has 0 saturated heterocycles. The number of fused-ring (bicyclic) bond motifs is 1. The first-order valence-electron chi connectivity index (χ1n) is 15.4. The Bertz CT molecular complexity index is 1740. The zero-order valence-corrected chi connectivity index (χ0v) is 27.8. The van der Waals surface area contributed by atoms with Crippen molar-refractivity contribution in [1.82, 2.24) is 21.3 Å². The molecule has 280 valence electrons. The summed E-state index contributed by atoms with van der Waals surface area (Å²) < 4.78 is 47.8. The molecule has 0 aliphatic heterocycles. The Balaban J connectivity index is 2.50. The van der Waals surface area contributed by atoms with Crippen LogP contribution in [0.15, 0.2) is 27.4 Å². The first-order chi connectivity index (χ1) is 23.6. The number of carboxylic acids is 2. The van der Waals surface area contributed by atoms with E-state index in [-0.39, 0.29) is 5.69 Å². The van der Waals surface area contributed by atoms with Crippen LogP contribution in [0.3, 0.4) is 0 Å². The van der Waals surface area contributed by atoms with E-state index in [1.807, 2.05) is 5.32 Å². The maximum Gasteiger partial charge on any atom is 0.418 e. The van der Waals surface area contributed by atoms with Crippen molar-refractivity contribution in [2.45, 2.75) is 89.8 Å². The van der Waals surface area contributed by atoms with E-state index in [0.717, 1.165) is 32.0 Å². The summed E-state index contributed by atoms with van der Waals surface area (Å²) in [6, 6.07) is -4.59. The molecule has 17 nitrogen and oxygen atoms in total. The number of alkyl halides is 3. The molecule has 0 aliphatic rings. The van der Waals surface area contributed by atoms with Gasteiger partial charge in [0.15, 0.2) is 5.78 Å². The van der Waals surface area contributed by atoms with Crippen LogP contribution in [0.1, 0.15) is 69.3 Å². The number of carboxylic acid groups (broad SMARTS) is 2. The molecule has 4 amide bonds. The molecule has 0 unspecified atom stereocenters. The summed E-state index contributed by atoms with van der Waals surface area (Å²) in [4.78, 5) is 101. The molecule has 2 aromatic rings. The zero-order valence-electron chi connectivity index (χ0n) is 27.8. The van der Waals surface area contributed by atoms with Crippen LogP contribution in [-0.2, 0) is 34.9 Å². The van der Waals surface area contributed by atoms with Gasteiger partial charge < -0.3 is 46.7 Å². The van der Waals surface area contributed by atoms with Crippen molar-refractivity contribution in [3.05, 3.63) is 39.7 Å². The van der Waals surface area contributed by atoms with E-state index in [0.29, 0.717) is 6.42 Å². The Morgan fingerprint density at radius 1 is 0.882 bits per heavy atom. The Morgan fingerprint density at radius 2 is 1.47 bits per heavy atom. The molecule has 0 radical (unpaired) electrons.